The summed E-state index contributed by atoms with van der Waals surface area (Å²) in [7, 11) is 3.80. The molecule has 0 bridgehead atoms. The zero-order valence-electron chi connectivity index (χ0n) is 14.1. The van der Waals surface area contributed by atoms with E-state index in [-0.39, 0.29) is 17.9 Å². The van der Waals surface area contributed by atoms with E-state index in [1.54, 1.807) is 30.5 Å². The van der Waals surface area contributed by atoms with E-state index in [2.05, 4.69) is 20.3 Å². The van der Waals surface area contributed by atoms with Crippen LogP contribution in [-0.2, 0) is 11.2 Å². The number of aromatic nitrogens is 3. The van der Waals surface area contributed by atoms with Crippen LogP contribution in [0.4, 0.5) is 11.5 Å². The van der Waals surface area contributed by atoms with Crippen molar-refractivity contribution in [3.63, 3.8) is 0 Å². The van der Waals surface area contributed by atoms with Crippen molar-refractivity contribution in [2.45, 2.75) is 12.8 Å². The summed E-state index contributed by atoms with van der Waals surface area (Å²) < 4.78 is 0. The minimum Gasteiger partial charge on any atom is -0.363 e. The molecule has 0 spiro atoms. The maximum absolute atomic E-state index is 12.1. The Morgan fingerprint density at radius 3 is 2.72 bits per heavy atom. The predicted octanol–water partition coefficient (Wildman–Crippen LogP) is 1.96. The summed E-state index contributed by atoms with van der Waals surface area (Å²) in [6.07, 6.45) is 2.19. The van der Waals surface area contributed by atoms with E-state index in [1.807, 2.05) is 31.1 Å². The van der Waals surface area contributed by atoms with Gasteiger partial charge in [0, 0.05) is 26.9 Å². The minimum atomic E-state index is -0.190. The molecule has 0 saturated heterocycles. The highest BCUT2D eigenvalue weighted by Crippen LogP contribution is 2.12. The molecule has 7 nitrogen and oxygen atoms in total. The number of pyridine rings is 1. The number of nitrogens with one attached hydrogen (secondary N) is 2. The van der Waals surface area contributed by atoms with Crippen molar-refractivity contribution < 1.29 is 4.79 Å². The lowest BCUT2D eigenvalue weighted by molar-refractivity contribution is -0.116. The zero-order chi connectivity index (χ0) is 17.8. The molecular weight excluding hydrogens is 318 g/mol. The van der Waals surface area contributed by atoms with Crippen molar-refractivity contribution in [1.82, 2.24) is 15.0 Å². The van der Waals surface area contributed by atoms with Crippen molar-refractivity contribution in [1.29, 1.82) is 0 Å². The van der Waals surface area contributed by atoms with Gasteiger partial charge in [0.05, 0.1) is 22.8 Å². The summed E-state index contributed by atoms with van der Waals surface area (Å²) in [6, 6.07) is 10.8. The molecule has 1 amide bonds. The number of carbonyl (C=O) groups excluding carboxylic acids is 1. The normalized spacial score (nSPS) is 10.6. The Kier molecular flexibility index (Phi) is 4.74. The molecule has 0 atom stereocenters. The highest BCUT2D eigenvalue weighted by Gasteiger charge is 2.07. The first-order valence-corrected chi connectivity index (χ1v) is 7.94. The molecule has 128 valence electrons. The number of rotatable bonds is 5. The topological polar surface area (TPSA) is 91.0 Å². The number of anilines is 2. The summed E-state index contributed by atoms with van der Waals surface area (Å²) in [6.45, 7) is 0. The second-order valence-electron chi connectivity index (χ2n) is 5.88. The van der Waals surface area contributed by atoms with Crippen molar-refractivity contribution in [3.8, 4) is 0 Å². The lowest BCUT2D eigenvalue weighted by Gasteiger charge is -2.11. The Labute approximate surface area is 144 Å². The van der Waals surface area contributed by atoms with Gasteiger partial charge in [-0.3, -0.25) is 9.59 Å². The number of nitrogens with zero attached hydrogens (tertiary/aromatic N) is 3. The molecule has 2 aromatic heterocycles. The number of benzene rings is 1. The Balaban J connectivity index is 1.63. The fraction of sp³-hybridized carbons (Fsp3) is 0.222. The number of aromatic amines is 1. The quantitative estimate of drug-likeness (QED) is 0.742. The standard InChI is InChI=1S/C18H19N5O2/c1-23(2)16-9-7-12(11-19-16)20-17(24)10-8-15-21-14-6-4-3-5-13(14)18(25)22-15/h3-7,9,11H,8,10H2,1-2H3,(H,20,24)(H,21,22,25). The molecule has 2 N–H and O–H groups in total. The maximum Gasteiger partial charge on any atom is 0.258 e. The monoisotopic (exact) mass is 337 g/mol. The third kappa shape index (κ3) is 4.00. The molecule has 25 heavy (non-hydrogen) atoms. The molecule has 0 fully saturated rings. The lowest BCUT2D eigenvalue weighted by atomic mass is 10.2. The number of fused-ring (bicyclic) bond motifs is 1. The average Bonchev–Trinajstić information content (AvgIpc) is 2.60. The molecule has 0 unspecified atom stereocenters. The van der Waals surface area contributed by atoms with E-state index in [9.17, 15) is 9.59 Å². The van der Waals surface area contributed by atoms with Crippen LogP contribution in [0.3, 0.4) is 0 Å². The van der Waals surface area contributed by atoms with Crippen LogP contribution in [0.2, 0.25) is 0 Å². The van der Waals surface area contributed by atoms with Gasteiger partial charge in [0.15, 0.2) is 0 Å². The van der Waals surface area contributed by atoms with Crippen LogP contribution < -0.4 is 15.8 Å². The third-order valence-electron chi connectivity index (χ3n) is 3.74. The van der Waals surface area contributed by atoms with E-state index in [4.69, 9.17) is 0 Å². The van der Waals surface area contributed by atoms with Crippen LogP contribution in [-0.4, -0.2) is 35.0 Å². The van der Waals surface area contributed by atoms with Gasteiger partial charge in [-0.05, 0) is 24.3 Å². The summed E-state index contributed by atoms with van der Waals surface area (Å²) in [5.41, 5.74) is 1.07. The van der Waals surface area contributed by atoms with Crippen LogP contribution >= 0.6 is 0 Å². The first kappa shape index (κ1) is 16.6. The Morgan fingerprint density at radius 1 is 1.20 bits per heavy atom. The van der Waals surface area contributed by atoms with Crippen molar-refractivity contribution >= 4 is 28.3 Å². The van der Waals surface area contributed by atoms with Gasteiger partial charge in [0.1, 0.15) is 11.6 Å². The SMILES string of the molecule is CN(C)c1ccc(NC(=O)CCc2nc3ccccc3c(=O)[nH]2)cn1. The van der Waals surface area contributed by atoms with Gasteiger partial charge in [-0.2, -0.15) is 0 Å². The predicted molar refractivity (Wildman–Crippen MR) is 97.9 cm³/mol. The van der Waals surface area contributed by atoms with E-state index < -0.39 is 0 Å². The Morgan fingerprint density at radius 2 is 2.00 bits per heavy atom. The molecule has 2 heterocycles. The highest BCUT2D eigenvalue weighted by molar-refractivity contribution is 5.90. The first-order chi connectivity index (χ1) is 12.0. The molecule has 0 aliphatic carbocycles. The number of hydrogen-bond acceptors (Lipinski definition) is 5. The van der Waals surface area contributed by atoms with Crippen LogP contribution in [0, 0.1) is 0 Å². The van der Waals surface area contributed by atoms with E-state index in [1.165, 1.54) is 0 Å². The summed E-state index contributed by atoms with van der Waals surface area (Å²) in [5.74, 6) is 1.16. The number of para-hydroxylation sites is 1. The van der Waals surface area contributed by atoms with Crippen LogP contribution in [0.25, 0.3) is 10.9 Å². The first-order valence-electron chi connectivity index (χ1n) is 7.94. The van der Waals surface area contributed by atoms with E-state index in [0.717, 1.165) is 5.82 Å². The van der Waals surface area contributed by atoms with Crippen LogP contribution in [0.15, 0.2) is 47.4 Å². The Hall–Kier alpha value is -3.22. The largest absolute Gasteiger partial charge is 0.363 e. The molecular formula is C18H19N5O2. The van der Waals surface area contributed by atoms with Gasteiger partial charge in [0.2, 0.25) is 5.91 Å². The minimum absolute atomic E-state index is 0.157. The summed E-state index contributed by atoms with van der Waals surface area (Å²) in [4.78, 5) is 37.3. The van der Waals surface area contributed by atoms with Crippen LogP contribution in [0.5, 0.6) is 0 Å². The number of carbonyl (C=O) groups is 1. The second kappa shape index (κ2) is 7.12. The number of aryl methyl sites for hydroxylation is 1. The summed E-state index contributed by atoms with van der Waals surface area (Å²) in [5, 5.41) is 3.33. The number of hydrogen-bond donors (Lipinski definition) is 2. The molecule has 1 aromatic carbocycles. The Bertz CT molecular complexity index is 948. The molecule has 0 saturated carbocycles. The highest BCUT2D eigenvalue weighted by atomic mass is 16.1. The fourth-order valence-corrected chi connectivity index (χ4v) is 2.43. The molecule has 0 radical (unpaired) electrons. The molecule has 0 aliphatic rings. The van der Waals surface area contributed by atoms with Crippen molar-refractivity contribution in [2.75, 3.05) is 24.3 Å². The summed E-state index contributed by atoms with van der Waals surface area (Å²) >= 11 is 0. The number of H-pyrrole nitrogens is 1. The fourth-order valence-electron chi connectivity index (χ4n) is 2.43. The third-order valence-corrected chi connectivity index (χ3v) is 3.74. The smallest absolute Gasteiger partial charge is 0.258 e. The molecule has 3 aromatic rings. The molecule has 3 rings (SSSR count). The van der Waals surface area contributed by atoms with Gasteiger partial charge >= 0.3 is 0 Å². The van der Waals surface area contributed by atoms with Gasteiger partial charge in [0.25, 0.3) is 5.56 Å². The van der Waals surface area contributed by atoms with E-state index in [0.29, 0.717) is 28.8 Å². The van der Waals surface area contributed by atoms with Gasteiger partial charge < -0.3 is 15.2 Å². The van der Waals surface area contributed by atoms with Gasteiger partial charge in [-0.25, -0.2) is 9.97 Å². The zero-order valence-corrected chi connectivity index (χ0v) is 14.1. The molecule has 7 heteroatoms. The maximum atomic E-state index is 12.1. The van der Waals surface area contributed by atoms with Crippen LogP contribution in [0.1, 0.15) is 12.2 Å². The van der Waals surface area contributed by atoms with Gasteiger partial charge in [-0.1, -0.05) is 12.1 Å². The van der Waals surface area contributed by atoms with E-state index >= 15 is 0 Å². The van der Waals surface area contributed by atoms with Gasteiger partial charge in [-0.15, -0.1) is 0 Å². The second-order valence-corrected chi connectivity index (χ2v) is 5.88. The number of amides is 1. The van der Waals surface area contributed by atoms with Crippen molar-refractivity contribution in [2.24, 2.45) is 0 Å². The average molecular weight is 337 g/mol. The lowest BCUT2D eigenvalue weighted by Crippen LogP contribution is -2.16. The van der Waals surface area contributed by atoms with Crippen molar-refractivity contribution in [3.05, 3.63) is 58.8 Å². The molecule has 0 aliphatic heterocycles.